The molecule has 0 saturated carbocycles. The van der Waals surface area contributed by atoms with Gasteiger partial charge in [0.25, 0.3) is 5.91 Å². The number of nitrogens with zero attached hydrogens (tertiary/aromatic N) is 3. The third-order valence-corrected chi connectivity index (χ3v) is 4.10. The molecule has 1 N–H and O–H groups in total. The summed E-state index contributed by atoms with van der Waals surface area (Å²) in [5, 5.41) is 10.0. The van der Waals surface area contributed by atoms with Crippen LogP contribution in [0.25, 0.3) is 17.0 Å². The fourth-order valence-electron chi connectivity index (χ4n) is 2.67. The molecule has 0 aliphatic carbocycles. The third-order valence-electron chi connectivity index (χ3n) is 4.10. The first-order valence-corrected chi connectivity index (χ1v) is 8.42. The monoisotopic (exact) mass is 432 g/mol. The van der Waals surface area contributed by atoms with E-state index in [9.17, 15) is 31.1 Å². The normalized spacial score (nSPS) is 12.4. The maximum absolute atomic E-state index is 13.1. The number of fused-ring (bicyclic) bond motifs is 1. The Bertz CT molecular complexity index is 1040. The molecule has 0 atom stereocenters. The second-order valence-corrected chi connectivity index (χ2v) is 6.21. The molecule has 6 nitrogen and oxygen atoms in total. The van der Waals surface area contributed by atoms with Crippen molar-refractivity contribution < 1.29 is 35.9 Å². The van der Waals surface area contributed by atoms with Gasteiger partial charge in [-0.2, -0.15) is 26.3 Å². The molecule has 2 heterocycles. The lowest BCUT2D eigenvalue weighted by atomic mass is 10.0. The number of hydrogen-bond donors (Lipinski definition) is 1. The molecule has 0 aliphatic heterocycles. The minimum Gasteiger partial charge on any atom is -0.383 e. The Hall–Kier alpha value is -3.15. The number of pyridine rings is 1. The van der Waals surface area contributed by atoms with E-state index >= 15 is 0 Å². The number of rotatable bonds is 5. The number of methoxy groups -OCH3 is 1. The van der Waals surface area contributed by atoms with Crippen molar-refractivity contribution in [2.24, 2.45) is 0 Å². The van der Waals surface area contributed by atoms with Crippen LogP contribution in [-0.4, -0.2) is 40.8 Å². The molecule has 1 aromatic carbocycles. The highest BCUT2D eigenvalue weighted by Crippen LogP contribution is 2.38. The van der Waals surface area contributed by atoms with Gasteiger partial charge in [0.15, 0.2) is 11.5 Å². The summed E-state index contributed by atoms with van der Waals surface area (Å²) >= 11 is 0. The zero-order valence-corrected chi connectivity index (χ0v) is 15.3. The zero-order valence-electron chi connectivity index (χ0n) is 15.3. The van der Waals surface area contributed by atoms with Gasteiger partial charge < -0.3 is 10.1 Å². The van der Waals surface area contributed by atoms with Gasteiger partial charge in [-0.1, -0.05) is 0 Å². The van der Waals surface area contributed by atoms with E-state index in [-0.39, 0.29) is 36.3 Å². The molecule has 1 amide bonds. The molecule has 0 bridgehead atoms. The van der Waals surface area contributed by atoms with E-state index in [0.29, 0.717) is 12.1 Å². The summed E-state index contributed by atoms with van der Waals surface area (Å²) in [7, 11) is 1.45. The summed E-state index contributed by atoms with van der Waals surface area (Å²) in [6.07, 6.45) is -8.76. The first-order chi connectivity index (χ1) is 14.0. The highest BCUT2D eigenvalue weighted by atomic mass is 19.4. The van der Waals surface area contributed by atoms with Crippen LogP contribution in [0.2, 0.25) is 0 Å². The molecule has 0 fully saturated rings. The van der Waals surface area contributed by atoms with Gasteiger partial charge in [-0.15, -0.1) is 10.2 Å². The van der Waals surface area contributed by atoms with Gasteiger partial charge in [0.1, 0.15) is 0 Å². The summed E-state index contributed by atoms with van der Waals surface area (Å²) in [6.45, 7) is 0.474. The first kappa shape index (κ1) is 21.6. The van der Waals surface area contributed by atoms with Crippen LogP contribution in [0.5, 0.6) is 0 Å². The van der Waals surface area contributed by atoms with E-state index in [1.165, 1.54) is 25.4 Å². The largest absolute Gasteiger partial charge is 0.416 e. The lowest BCUT2D eigenvalue weighted by Crippen LogP contribution is -2.27. The third kappa shape index (κ3) is 4.53. The number of nitrogens with one attached hydrogen (secondary N) is 1. The second-order valence-electron chi connectivity index (χ2n) is 6.21. The van der Waals surface area contributed by atoms with E-state index < -0.39 is 35.0 Å². The Balaban J connectivity index is 2.10. The van der Waals surface area contributed by atoms with Crippen LogP contribution in [0.1, 0.15) is 21.5 Å². The highest BCUT2D eigenvalue weighted by molar-refractivity contribution is 5.94. The van der Waals surface area contributed by atoms with Gasteiger partial charge in [-0.3, -0.25) is 9.20 Å². The fraction of sp³-hybridized carbons (Fsp3) is 0.278. The van der Waals surface area contributed by atoms with Crippen LogP contribution in [0.3, 0.4) is 0 Å². The zero-order chi connectivity index (χ0) is 22.1. The summed E-state index contributed by atoms with van der Waals surface area (Å²) in [6, 6.07) is 3.92. The molecule has 30 heavy (non-hydrogen) atoms. The van der Waals surface area contributed by atoms with Gasteiger partial charge in [0.05, 0.1) is 23.3 Å². The smallest absolute Gasteiger partial charge is 0.383 e. The topological polar surface area (TPSA) is 68.5 Å². The first-order valence-electron chi connectivity index (χ1n) is 8.42. The van der Waals surface area contributed by atoms with Gasteiger partial charge in [0.2, 0.25) is 0 Å². The van der Waals surface area contributed by atoms with E-state index in [4.69, 9.17) is 4.74 Å². The van der Waals surface area contributed by atoms with Gasteiger partial charge in [-0.05, 0) is 30.3 Å². The molecule has 3 rings (SSSR count). The Morgan fingerprint density at radius 1 is 1.03 bits per heavy atom. The number of aromatic nitrogens is 3. The van der Waals surface area contributed by atoms with Crippen molar-refractivity contribution in [3.8, 4) is 11.4 Å². The van der Waals surface area contributed by atoms with Gasteiger partial charge in [0, 0.05) is 25.4 Å². The number of ether oxygens (including phenoxy) is 1. The van der Waals surface area contributed by atoms with E-state index in [1.54, 1.807) is 0 Å². The van der Waals surface area contributed by atoms with Crippen LogP contribution < -0.4 is 5.32 Å². The van der Waals surface area contributed by atoms with Crippen molar-refractivity contribution in [3.05, 3.63) is 53.2 Å². The Morgan fingerprint density at radius 3 is 2.23 bits per heavy atom. The van der Waals surface area contributed by atoms with Crippen LogP contribution in [-0.2, 0) is 17.1 Å². The molecule has 0 radical (unpaired) electrons. The average Bonchev–Trinajstić information content (AvgIpc) is 3.09. The molecular weight excluding hydrogens is 418 g/mol. The number of amides is 1. The van der Waals surface area contributed by atoms with Gasteiger partial charge in [-0.25, -0.2) is 0 Å². The molecule has 0 aliphatic rings. The summed E-state index contributed by atoms with van der Waals surface area (Å²) in [5.41, 5.74) is -3.14. The number of benzene rings is 1. The summed E-state index contributed by atoms with van der Waals surface area (Å²) in [5.74, 6) is -0.776. The number of alkyl halides is 6. The lowest BCUT2D eigenvalue weighted by molar-refractivity contribution is -0.143. The van der Waals surface area contributed by atoms with Crippen molar-refractivity contribution >= 4 is 11.6 Å². The van der Waals surface area contributed by atoms with Crippen LogP contribution in [0, 0.1) is 0 Å². The number of hydrogen-bond acceptors (Lipinski definition) is 4. The van der Waals surface area contributed by atoms with Crippen LogP contribution in [0.4, 0.5) is 26.3 Å². The average molecular weight is 432 g/mol. The van der Waals surface area contributed by atoms with E-state index in [1.807, 2.05) is 0 Å². The Labute approximate surface area is 165 Å². The Kier molecular flexibility index (Phi) is 5.70. The Morgan fingerprint density at radius 2 is 1.67 bits per heavy atom. The molecule has 2 aromatic heterocycles. The maximum atomic E-state index is 13.1. The predicted molar refractivity (Wildman–Crippen MR) is 92.6 cm³/mol. The van der Waals surface area contributed by atoms with Crippen LogP contribution >= 0.6 is 0 Å². The number of halogens is 6. The number of carbonyl (C=O) groups is 1. The molecular formula is C18H14F6N4O2. The molecule has 12 heteroatoms. The van der Waals surface area contributed by atoms with Crippen LogP contribution in [0.15, 0.2) is 36.5 Å². The molecule has 0 spiro atoms. The standard InChI is InChI=1S/C18H14F6N4O2/c1-30-5-4-25-16(29)10-2-3-14-26-27-15(28(14)9-10)11-6-12(17(19,20)21)8-13(7-11)18(22,23)24/h2-3,6-9H,4-5H2,1H3,(H,25,29). The van der Waals surface area contributed by atoms with Gasteiger partial charge >= 0.3 is 12.4 Å². The molecule has 0 saturated heterocycles. The number of carbonyl (C=O) groups excluding carboxylic acids is 1. The van der Waals surface area contributed by atoms with E-state index in [2.05, 4.69) is 15.5 Å². The quantitative estimate of drug-likeness (QED) is 0.492. The SMILES string of the molecule is COCCNC(=O)c1ccc2nnc(-c3cc(C(F)(F)F)cc(C(F)(F)F)c3)n2c1. The van der Waals surface area contributed by atoms with Crippen molar-refractivity contribution in [1.82, 2.24) is 19.9 Å². The highest BCUT2D eigenvalue weighted by Gasteiger charge is 2.37. The summed E-state index contributed by atoms with van der Waals surface area (Å²) < 4.78 is 84.8. The molecule has 160 valence electrons. The lowest BCUT2D eigenvalue weighted by Gasteiger charge is -2.13. The summed E-state index contributed by atoms with van der Waals surface area (Å²) in [4.78, 5) is 12.2. The molecule has 0 unspecified atom stereocenters. The minimum absolute atomic E-state index is 0.0292. The fourth-order valence-corrected chi connectivity index (χ4v) is 2.67. The van der Waals surface area contributed by atoms with Crippen molar-refractivity contribution in [2.75, 3.05) is 20.3 Å². The van der Waals surface area contributed by atoms with Crippen molar-refractivity contribution in [1.29, 1.82) is 0 Å². The molecule has 3 aromatic rings. The minimum atomic E-state index is -5.00. The van der Waals surface area contributed by atoms with E-state index in [0.717, 1.165) is 4.40 Å². The van der Waals surface area contributed by atoms with Crippen molar-refractivity contribution in [3.63, 3.8) is 0 Å². The predicted octanol–water partition coefficient (Wildman–Crippen LogP) is 3.81. The second kappa shape index (κ2) is 7.94. The maximum Gasteiger partial charge on any atom is 0.416 e. The van der Waals surface area contributed by atoms with Crippen molar-refractivity contribution in [2.45, 2.75) is 12.4 Å².